The van der Waals surface area contributed by atoms with Crippen LogP contribution in [0.1, 0.15) is 31.3 Å². The molecule has 2 aliphatic rings. The number of carbonyl (C=O) groups is 1. The maximum absolute atomic E-state index is 14.8. The lowest BCUT2D eigenvalue weighted by atomic mass is 9.85. The quantitative estimate of drug-likeness (QED) is 0.438. The Hall–Kier alpha value is -3.18. The van der Waals surface area contributed by atoms with E-state index < -0.39 is 53.4 Å². The highest BCUT2D eigenvalue weighted by molar-refractivity contribution is 5.83. The van der Waals surface area contributed by atoms with Crippen LogP contribution >= 0.6 is 0 Å². The number of nitrogens with zero attached hydrogens (tertiary/aromatic N) is 3. The van der Waals surface area contributed by atoms with Crippen molar-refractivity contribution in [2.45, 2.75) is 50.3 Å². The number of β-amino-alcohol motifs (C(OH)–C–C–N with tert-alkyl or cyclic N) is 1. The van der Waals surface area contributed by atoms with Crippen molar-refractivity contribution in [1.29, 1.82) is 0 Å². The summed E-state index contributed by atoms with van der Waals surface area (Å²) in [6, 6.07) is 11.4. The molecule has 0 saturated carbocycles. The average molecular weight is 527 g/mol. The highest BCUT2D eigenvalue weighted by Gasteiger charge is 2.53. The van der Waals surface area contributed by atoms with Crippen molar-refractivity contribution < 1.29 is 28.5 Å². The number of hydrogen-bond acceptors (Lipinski definition) is 6. The predicted octanol–water partition coefficient (Wildman–Crippen LogP) is 2.49. The van der Waals surface area contributed by atoms with E-state index in [-0.39, 0.29) is 24.3 Å². The van der Waals surface area contributed by atoms with Crippen LogP contribution in [-0.2, 0) is 16.1 Å². The van der Waals surface area contributed by atoms with Gasteiger partial charge in [0.1, 0.15) is 29.6 Å². The van der Waals surface area contributed by atoms with Gasteiger partial charge in [0.15, 0.2) is 0 Å². The van der Waals surface area contributed by atoms with Crippen molar-refractivity contribution >= 4 is 5.91 Å². The Labute approximate surface area is 219 Å². The molecule has 1 amide bonds. The van der Waals surface area contributed by atoms with E-state index in [9.17, 15) is 23.8 Å². The zero-order valence-corrected chi connectivity index (χ0v) is 21.5. The van der Waals surface area contributed by atoms with Gasteiger partial charge in [-0.15, -0.1) is 0 Å². The summed E-state index contributed by atoms with van der Waals surface area (Å²) in [6.07, 6.45) is -0.463. The Kier molecular flexibility index (Phi) is 7.08. The number of aliphatic hydroxyl groups excluding tert-OH is 2. The monoisotopic (exact) mass is 526 g/mol. The van der Waals surface area contributed by atoms with Gasteiger partial charge in [0, 0.05) is 50.5 Å². The third kappa shape index (κ3) is 4.73. The molecule has 2 saturated heterocycles. The molecule has 0 radical (unpaired) electrons. The molecule has 0 spiro atoms. The summed E-state index contributed by atoms with van der Waals surface area (Å²) in [5.41, 5.74) is 0.131. The van der Waals surface area contributed by atoms with E-state index in [0.717, 1.165) is 23.8 Å². The second kappa shape index (κ2) is 10.2. The summed E-state index contributed by atoms with van der Waals surface area (Å²) in [4.78, 5) is 19.8. The van der Waals surface area contributed by atoms with Gasteiger partial charge < -0.3 is 29.7 Å². The summed E-state index contributed by atoms with van der Waals surface area (Å²) in [7, 11) is 1.52. The van der Waals surface area contributed by atoms with Crippen LogP contribution in [0.25, 0.3) is 11.3 Å². The number of ether oxygens (including phenoxy) is 1. The number of carbonyl (C=O) groups excluding carboxylic acids is 1. The van der Waals surface area contributed by atoms with Gasteiger partial charge in [-0.05, 0) is 37.6 Å². The van der Waals surface area contributed by atoms with Gasteiger partial charge in [0.2, 0.25) is 0 Å². The predicted molar refractivity (Wildman–Crippen MR) is 136 cm³/mol. The van der Waals surface area contributed by atoms with E-state index in [0.29, 0.717) is 12.4 Å². The number of halogens is 2. The van der Waals surface area contributed by atoms with Crippen LogP contribution in [0.15, 0.2) is 54.7 Å². The topological polar surface area (TPSA) is 99.8 Å². The molecule has 3 N–H and O–H groups in total. The van der Waals surface area contributed by atoms with Crippen molar-refractivity contribution in [2.75, 3.05) is 20.2 Å². The normalized spacial score (nSPS) is 24.5. The van der Waals surface area contributed by atoms with Crippen molar-refractivity contribution in [3.8, 4) is 11.3 Å². The van der Waals surface area contributed by atoms with Gasteiger partial charge in [-0.25, -0.2) is 13.8 Å². The first-order valence-electron chi connectivity index (χ1n) is 12.6. The van der Waals surface area contributed by atoms with E-state index in [1.54, 1.807) is 24.6 Å². The molecule has 10 heteroatoms. The fraction of sp³-hybridized carbons (Fsp3) is 0.429. The number of likely N-dealkylation sites (tertiary alicyclic amines) is 1. The largest absolute Gasteiger partial charge is 0.391 e. The minimum Gasteiger partial charge on any atom is -0.391 e. The van der Waals surface area contributed by atoms with Gasteiger partial charge in [-0.3, -0.25) is 4.79 Å². The number of fused-ring (bicyclic) bond motifs is 1. The van der Waals surface area contributed by atoms with Gasteiger partial charge in [-0.1, -0.05) is 30.3 Å². The average Bonchev–Trinajstić information content (AvgIpc) is 3.47. The van der Waals surface area contributed by atoms with Gasteiger partial charge >= 0.3 is 0 Å². The van der Waals surface area contributed by atoms with Crippen LogP contribution in [0.3, 0.4) is 0 Å². The van der Waals surface area contributed by atoms with Crippen LogP contribution < -0.4 is 5.32 Å². The third-order valence-electron chi connectivity index (χ3n) is 7.75. The number of benzene rings is 2. The zero-order chi connectivity index (χ0) is 27.2. The van der Waals surface area contributed by atoms with Crippen LogP contribution in [0.4, 0.5) is 8.78 Å². The Bertz CT molecular complexity index is 1320. The molecule has 8 nitrogen and oxygen atoms in total. The molecule has 0 bridgehead atoms. The molecule has 1 unspecified atom stereocenters. The van der Waals surface area contributed by atoms with E-state index in [1.807, 2.05) is 30.3 Å². The fourth-order valence-electron chi connectivity index (χ4n) is 5.57. The van der Waals surface area contributed by atoms with Crippen LogP contribution in [0.5, 0.6) is 0 Å². The minimum absolute atomic E-state index is 0.00693. The lowest BCUT2D eigenvalue weighted by Crippen LogP contribution is -2.62. The standard InChI is InChI=1S/C28H32F2N4O4/c1-28(2,38-3)25(34-14-19-22(35)12-31-23(19)24(36)27(34)37)26-32-21(18-11-17(29)9-10-20(18)30)15-33(26)13-16-7-5-4-6-8-16/h4-11,15,19,22-25,31,35-36H,12-14H2,1-3H3/t19-,22+,23?,24-,25-/m0/s1. The molecule has 2 aliphatic heterocycles. The molecule has 38 heavy (non-hydrogen) atoms. The first kappa shape index (κ1) is 26.4. The van der Waals surface area contributed by atoms with Gasteiger partial charge in [0.25, 0.3) is 5.91 Å². The second-order valence-electron chi connectivity index (χ2n) is 10.5. The number of imidazole rings is 1. The molecule has 202 valence electrons. The molecular formula is C28H32F2N4O4. The number of hydrogen-bond donors (Lipinski definition) is 3. The SMILES string of the molecule is COC(C)(C)[C@H](c1nc(-c2cc(F)ccc2F)cn1Cc1ccccc1)N1C[C@@H]2C(NC[C@H]2O)[C@H](O)C1=O. The van der Waals surface area contributed by atoms with E-state index in [2.05, 4.69) is 5.32 Å². The Morgan fingerprint density at radius 3 is 2.63 bits per heavy atom. The molecule has 2 fully saturated rings. The summed E-state index contributed by atoms with van der Waals surface area (Å²) in [5, 5.41) is 24.5. The second-order valence-corrected chi connectivity index (χ2v) is 10.5. The van der Waals surface area contributed by atoms with Crippen LogP contribution in [0, 0.1) is 17.6 Å². The number of piperidine rings is 1. The number of methoxy groups -OCH3 is 1. The smallest absolute Gasteiger partial charge is 0.253 e. The first-order valence-corrected chi connectivity index (χ1v) is 12.6. The number of aliphatic hydroxyl groups is 2. The molecule has 5 atom stereocenters. The van der Waals surface area contributed by atoms with Crippen molar-refractivity contribution in [3.05, 3.63) is 77.8 Å². The van der Waals surface area contributed by atoms with Crippen molar-refractivity contribution in [3.63, 3.8) is 0 Å². The Morgan fingerprint density at radius 2 is 1.92 bits per heavy atom. The van der Waals surface area contributed by atoms with Crippen LogP contribution in [0.2, 0.25) is 0 Å². The van der Waals surface area contributed by atoms with Gasteiger partial charge in [0.05, 0.1) is 17.4 Å². The molecule has 0 aliphatic carbocycles. The maximum atomic E-state index is 14.8. The van der Waals surface area contributed by atoms with Gasteiger partial charge in [-0.2, -0.15) is 0 Å². The number of nitrogens with one attached hydrogen (secondary N) is 1. The highest BCUT2D eigenvalue weighted by Crippen LogP contribution is 2.40. The van der Waals surface area contributed by atoms with Crippen LogP contribution in [-0.4, -0.2) is 74.6 Å². The molecule has 1 aromatic heterocycles. The summed E-state index contributed by atoms with van der Waals surface area (Å²) in [6.45, 7) is 4.39. The number of rotatable bonds is 7. The number of amides is 1. The molecule has 3 aromatic rings. The molecule has 2 aromatic carbocycles. The van der Waals surface area contributed by atoms with E-state index >= 15 is 0 Å². The summed E-state index contributed by atoms with van der Waals surface area (Å²) in [5.74, 6) is -1.75. The summed E-state index contributed by atoms with van der Waals surface area (Å²) >= 11 is 0. The maximum Gasteiger partial charge on any atom is 0.253 e. The lowest BCUT2D eigenvalue weighted by molar-refractivity contribution is -0.162. The Balaban J connectivity index is 1.66. The highest BCUT2D eigenvalue weighted by atomic mass is 19.1. The third-order valence-corrected chi connectivity index (χ3v) is 7.75. The van der Waals surface area contributed by atoms with Crippen molar-refractivity contribution in [1.82, 2.24) is 19.8 Å². The van der Waals surface area contributed by atoms with E-state index in [4.69, 9.17) is 9.72 Å². The van der Waals surface area contributed by atoms with E-state index in [1.165, 1.54) is 12.0 Å². The summed E-state index contributed by atoms with van der Waals surface area (Å²) < 4.78 is 36.6. The van der Waals surface area contributed by atoms with Crippen molar-refractivity contribution in [2.24, 2.45) is 5.92 Å². The Morgan fingerprint density at radius 1 is 1.18 bits per heavy atom. The number of aromatic nitrogens is 2. The molecule has 3 heterocycles. The zero-order valence-electron chi connectivity index (χ0n) is 21.5. The fourth-order valence-corrected chi connectivity index (χ4v) is 5.57. The lowest BCUT2D eigenvalue weighted by Gasteiger charge is -2.46. The minimum atomic E-state index is -1.36. The molecule has 5 rings (SSSR count). The first-order chi connectivity index (χ1) is 18.1. The molecular weight excluding hydrogens is 494 g/mol.